The third kappa shape index (κ3) is 3.38. The molecule has 6 heteroatoms. The molecule has 0 fully saturated rings. The first kappa shape index (κ1) is 21.1. The summed E-state index contributed by atoms with van der Waals surface area (Å²) in [7, 11) is 0. The Hall–Kier alpha value is -4.11. The molecule has 0 unspecified atom stereocenters. The molecule has 0 saturated heterocycles. The van der Waals surface area contributed by atoms with E-state index < -0.39 is 17.2 Å². The Morgan fingerprint density at radius 3 is 2.34 bits per heavy atom. The predicted octanol–water partition coefficient (Wildman–Crippen LogP) is 4.68. The van der Waals surface area contributed by atoms with Gasteiger partial charge in [0.25, 0.3) is 5.56 Å². The van der Waals surface area contributed by atoms with Gasteiger partial charge in [-0.25, -0.2) is 0 Å². The molecule has 32 heavy (non-hydrogen) atoms. The minimum atomic E-state index is -0.642. The smallest absolute Gasteiger partial charge is 0.271 e. The van der Waals surface area contributed by atoms with E-state index in [0.717, 1.165) is 26.6 Å². The van der Waals surface area contributed by atoms with Gasteiger partial charge in [-0.3, -0.25) is 14.2 Å². The van der Waals surface area contributed by atoms with Crippen molar-refractivity contribution in [3.63, 3.8) is 0 Å². The van der Waals surface area contributed by atoms with Crippen molar-refractivity contribution >= 4 is 16.8 Å². The topological polar surface area (TPSA) is 96.2 Å². The Morgan fingerprint density at radius 2 is 1.69 bits per heavy atom. The number of carbonyl (C=O) groups excluding carboxylic acids is 1. The number of furan rings is 1. The van der Waals surface area contributed by atoms with Gasteiger partial charge in [-0.1, -0.05) is 42.0 Å². The highest BCUT2D eigenvalue weighted by molar-refractivity contribution is 6.12. The maximum Gasteiger partial charge on any atom is 0.271 e. The summed E-state index contributed by atoms with van der Waals surface area (Å²) in [5.74, 6) is -0.970. The van der Waals surface area contributed by atoms with Crippen molar-refractivity contribution in [2.45, 2.75) is 34.2 Å². The Labute approximate surface area is 185 Å². The SMILES string of the molecule is Cc1ccc(Cn2c(O)c(C(=O)c3oc4cc(C)ccc4c3C)c(C)c(C#N)c2=O)cc1. The molecule has 4 rings (SSSR count). The number of hydrogen-bond donors (Lipinski definition) is 1. The maximum atomic E-state index is 13.5. The summed E-state index contributed by atoms with van der Waals surface area (Å²) < 4.78 is 6.91. The van der Waals surface area contributed by atoms with E-state index in [1.165, 1.54) is 6.92 Å². The van der Waals surface area contributed by atoms with Gasteiger partial charge in [0.2, 0.25) is 11.7 Å². The third-order valence-corrected chi connectivity index (χ3v) is 5.79. The van der Waals surface area contributed by atoms with Crippen LogP contribution in [0.5, 0.6) is 5.88 Å². The highest BCUT2D eigenvalue weighted by Gasteiger charge is 2.28. The molecule has 0 atom stereocenters. The van der Waals surface area contributed by atoms with Crippen LogP contribution < -0.4 is 5.56 Å². The Kier molecular flexibility index (Phi) is 5.19. The molecular weight excluding hydrogens is 404 g/mol. The van der Waals surface area contributed by atoms with E-state index in [4.69, 9.17) is 4.42 Å². The molecule has 0 aliphatic carbocycles. The maximum absolute atomic E-state index is 13.5. The molecule has 0 aliphatic rings. The number of nitrogens with zero attached hydrogens (tertiary/aromatic N) is 2. The second kappa shape index (κ2) is 7.86. The fourth-order valence-electron chi connectivity index (χ4n) is 3.91. The van der Waals surface area contributed by atoms with Crippen LogP contribution in [0, 0.1) is 39.0 Å². The summed E-state index contributed by atoms with van der Waals surface area (Å²) in [5.41, 5.74) is 3.22. The van der Waals surface area contributed by atoms with E-state index in [0.29, 0.717) is 11.1 Å². The van der Waals surface area contributed by atoms with Crippen molar-refractivity contribution < 1.29 is 14.3 Å². The zero-order valence-electron chi connectivity index (χ0n) is 18.3. The van der Waals surface area contributed by atoms with E-state index in [9.17, 15) is 20.0 Å². The lowest BCUT2D eigenvalue weighted by Gasteiger charge is -2.15. The zero-order valence-corrected chi connectivity index (χ0v) is 18.3. The van der Waals surface area contributed by atoms with Crippen LogP contribution in [0.15, 0.2) is 51.7 Å². The van der Waals surface area contributed by atoms with Crippen molar-refractivity contribution in [2.24, 2.45) is 0 Å². The molecule has 2 aromatic carbocycles. The quantitative estimate of drug-likeness (QED) is 0.478. The summed E-state index contributed by atoms with van der Waals surface area (Å²) in [4.78, 5) is 26.4. The molecule has 0 bridgehead atoms. The number of nitriles is 1. The normalized spacial score (nSPS) is 11.0. The third-order valence-electron chi connectivity index (χ3n) is 5.79. The second-order valence-corrected chi connectivity index (χ2v) is 8.07. The first-order valence-corrected chi connectivity index (χ1v) is 10.2. The van der Waals surface area contributed by atoms with Gasteiger partial charge < -0.3 is 9.52 Å². The van der Waals surface area contributed by atoms with Gasteiger partial charge >= 0.3 is 0 Å². The first-order chi connectivity index (χ1) is 15.2. The molecule has 0 spiro atoms. The molecule has 0 amide bonds. The molecule has 160 valence electrons. The molecule has 1 N–H and O–H groups in total. The van der Waals surface area contributed by atoms with Crippen LogP contribution in [0.2, 0.25) is 0 Å². The summed E-state index contributed by atoms with van der Waals surface area (Å²) in [6, 6.07) is 15.0. The van der Waals surface area contributed by atoms with Crippen LogP contribution in [-0.4, -0.2) is 15.5 Å². The molecule has 0 saturated carbocycles. The summed E-state index contributed by atoms with van der Waals surface area (Å²) in [5, 5.41) is 21.4. The Bertz CT molecular complexity index is 1480. The minimum absolute atomic E-state index is 0.0263. The fourth-order valence-corrected chi connectivity index (χ4v) is 3.91. The number of ketones is 1. The number of carbonyl (C=O) groups is 1. The van der Waals surface area contributed by atoms with E-state index in [1.54, 1.807) is 6.92 Å². The number of pyridine rings is 1. The fraction of sp³-hybridized carbons (Fsp3) is 0.192. The molecular formula is C26H22N2O4. The van der Waals surface area contributed by atoms with Crippen LogP contribution >= 0.6 is 0 Å². The highest BCUT2D eigenvalue weighted by atomic mass is 16.3. The number of benzene rings is 2. The number of hydrogen-bond acceptors (Lipinski definition) is 5. The van der Waals surface area contributed by atoms with Gasteiger partial charge in [-0.2, -0.15) is 5.26 Å². The van der Waals surface area contributed by atoms with Crippen molar-refractivity contribution in [3.8, 4) is 11.9 Å². The number of aromatic hydroxyl groups is 1. The van der Waals surface area contributed by atoms with Crippen LogP contribution in [0.4, 0.5) is 0 Å². The van der Waals surface area contributed by atoms with Crippen LogP contribution in [-0.2, 0) is 6.54 Å². The zero-order chi connectivity index (χ0) is 23.2. The van der Waals surface area contributed by atoms with Crippen LogP contribution in [0.25, 0.3) is 11.0 Å². The number of rotatable bonds is 4. The summed E-state index contributed by atoms with van der Waals surface area (Å²) in [6.07, 6.45) is 0. The average Bonchev–Trinajstić information content (AvgIpc) is 3.08. The number of aromatic nitrogens is 1. The largest absolute Gasteiger partial charge is 0.494 e. The van der Waals surface area contributed by atoms with Gasteiger partial charge in [0.05, 0.1) is 12.1 Å². The van der Waals surface area contributed by atoms with Crippen molar-refractivity contribution in [2.75, 3.05) is 0 Å². The van der Waals surface area contributed by atoms with Crippen LogP contribution in [0.3, 0.4) is 0 Å². The Balaban J connectivity index is 1.91. The van der Waals surface area contributed by atoms with Crippen LogP contribution in [0.1, 0.15) is 49.5 Å². The van der Waals surface area contributed by atoms with Gasteiger partial charge in [-0.15, -0.1) is 0 Å². The van der Waals surface area contributed by atoms with E-state index in [-0.39, 0.29) is 29.0 Å². The predicted molar refractivity (Wildman–Crippen MR) is 121 cm³/mol. The molecule has 6 nitrogen and oxygen atoms in total. The lowest BCUT2D eigenvalue weighted by molar-refractivity contribution is 0.101. The molecule has 2 heterocycles. The highest BCUT2D eigenvalue weighted by Crippen LogP contribution is 2.31. The van der Waals surface area contributed by atoms with Gasteiger partial charge in [0.1, 0.15) is 17.2 Å². The van der Waals surface area contributed by atoms with Gasteiger partial charge in [0, 0.05) is 10.9 Å². The van der Waals surface area contributed by atoms with E-state index in [1.807, 2.05) is 62.4 Å². The summed E-state index contributed by atoms with van der Waals surface area (Å²) in [6.45, 7) is 7.16. The minimum Gasteiger partial charge on any atom is -0.494 e. The monoisotopic (exact) mass is 426 g/mol. The lowest BCUT2D eigenvalue weighted by atomic mass is 9.98. The van der Waals surface area contributed by atoms with Crippen molar-refractivity contribution in [1.82, 2.24) is 4.57 Å². The van der Waals surface area contributed by atoms with Crippen molar-refractivity contribution in [3.05, 3.63) is 97.5 Å². The van der Waals surface area contributed by atoms with E-state index >= 15 is 0 Å². The standard InChI is InChI=1S/C26H22N2O4/c1-14-5-8-18(9-6-14)13-28-25(30)20(12-27)16(3)22(26(28)31)23(29)24-17(4)19-10-7-15(2)11-21(19)32-24/h5-11,31H,13H2,1-4H3. The lowest BCUT2D eigenvalue weighted by Crippen LogP contribution is -2.27. The molecule has 0 radical (unpaired) electrons. The molecule has 0 aliphatic heterocycles. The number of aryl methyl sites for hydroxylation is 3. The first-order valence-electron chi connectivity index (χ1n) is 10.2. The average molecular weight is 426 g/mol. The number of fused-ring (bicyclic) bond motifs is 1. The summed E-state index contributed by atoms with van der Waals surface area (Å²) >= 11 is 0. The van der Waals surface area contributed by atoms with Gasteiger partial charge in [-0.05, 0) is 50.5 Å². The molecule has 2 aromatic heterocycles. The molecule has 4 aromatic rings. The van der Waals surface area contributed by atoms with E-state index in [2.05, 4.69) is 0 Å². The Morgan fingerprint density at radius 1 is 1.03 bits per heavy atom. The van der Waals surface area contributed by atoms with Gasteiger partial charge in [0.15, 0.2) is 5.76 Å². The second-order valence-electron chi connectivity index (χ2n) is 8.07. The van der Waals surface area contributed by atoms with Crippen molar-refractivity contribution in [1.29, 1.82) is 5.26 Å².